The normalized spacial score (nSPS) is 21.5. The van der Waals surface area contributed by atoms with Gasteiger partial charge < -0.3 is 15.8 Å². The zero-order valence-electron chi connectivity index (χ0n) is 9.05. The summed E-state index contributed by atoms with van der Waals surface area (Å²) in [5.41, 5.74) is 4.92. The Hall–Kier alpha value is -1.27. The van der Waals surface area contributed by atoms with Gasteiger partial charge in [0.05, 0.1) is 18.3 Å². The lowest BCUT2D eigenvalue weighted by atomic mass is 10.0. The first kappa shape index (κ1) is 12.2. The first-order valence-corrected chi connectivity index (χ1v) is 5.27. The van der Waals surface area contributed by atoms with Gasteiger partial charge in [0, 0.05) is 18.8 Å². The van der Waals surface area contributed by atoms with Crippen molar-refractivity contribution >= 4 is 5.69 Å². The van der Waals surface area contributed by atoms with Crippen LogP contribution in [0.4, 0.5) is 18.9 Å². The predicted molar refractivity (Wildman–Crippen MR) is 57.4 cm³/mol. The Bertz CT molecular complexity index is 400. The summed E-state index contributed by atoms with van der Waals surface area (Å²) < 4.78 is 43.9. The van der Waals surface area contributed by atoms with E-state index in [0.717, 1.165) is 6.07 Å². The van der Waals surface area contributed by atoms with E-state index in [2.05, 4.69) is 5.32 Å². The molecule has 1 atom stereocenters. The smallest absolute Gasteiger partial charge is 0.399 e. The Morgan fingerprint density at radius 1 is 1.35 bits per heavy atom. The fraction of sp³-hybridized carbons (Fsp3) is 0.455. The van der Waals surface area contributed by atoms with Crippen LogP contribution in [0.1, 0.15) is 17.2 Å². The molecule has 1 unspecified atom stereocenters. The molecule has 0 amide bonds. The lowest BCUT2D eigenvalue weighted by molar-refractivity contribution is -0.139. The van der Waals surface area contributed by atoms with Gasteiger partial charge in [-0.2, -0.15) is 13.2 Å². The van der Waals surface area contributed by atoms with E-state index in [-0.39, 0.29) is 11.3 Å². The number of nitrogen functional groups attached to an aromatic ring is 1. The fourth-order valence-corrected chi connectivity index (χ4v) is 1.87. The second kappa shape index (κ2) is 4.54. The Morgan fingerprint density at radius 2 is 2.12 bits per heavy atom. The molecular weight excluding hydrogens is 233 g/mol. The van der Waals surface area contributed by atoms with E-state index < -0.39 is 17.8 Å². The van der Waals surface area contributed by atoms with Gasteiger partial charge in [-0.25, -0.2) is 0 Å². The molecule has 3 N–H and O–H groups in total. The highest BCUT2D eigenvalue weighted by molar-refractivity contribution is 5.46. The number of nitrogens with two attached hydrogens (primary N) is 1. The third kappa shape index (κ3) is 2.70. The van der Waals surface area contributed by atoms with Gasteiger partial charge in [-0.15, -0.1) is 0 Å². The first-order valence-electron chi connectivity index (χ1n) is 5.27. The molecular formula is C11H13F3N2O. The summed E-state index contributed by atoms with van der Waals surface area (Å²) in [6.45, 7) is 1.45. The molecule has 0 aromatic heterocycles. The molecule has 1 aromatic carbocycles. The monoisotopic (exact) mass is 246 g/mol. The molecule has 0 spiro atoms. The molecule has 1 heterocycles. The van der Waals surface area contributed by atoms with Crippen LogP contribution in [-0.2, 0) is 10.9 Å². The molecule has 1 aliphatic rings. The van der Waals surface area contributed by atoms with E-state index in [1.165, 1.54) is 12.1 Å². The highest BCUT2D eigenvalue weighted by Gasteiger charge is 2.36. The van der Waals surface area contributed by atoms with Crippen LogP contribution in [-0.4, -0.2) is 19.7 Å². The van der Waals surface area contributed by atoms with Crippen molar-refractivity contribution in [2.75, 3.05) is 25.4 Å². The Kier molecular flexibility index (Phi) is 3.26. The van der Waals surface area contributed by atoms with Gasteiger partial charge in [0.25, 0.3) is 0 Å². The molecule has 6 heteroatoms. The minimum atomic E-state index is -4.41. The fourth-order valence-electron chi connectivity index (χ4n) is 1.87. The Balaban J connectivity index is 2.38. The lowest BCUT2D eigenvalue weighted by Gasteiger charge is -2.26. The Labute approximate surface area is 96.8 Å². The van der Waals surface area contributed by atoms with Crippen LogP contribution in [0.5, 0.6) is 0 Å². The van der Waals surface area contributed by atoms with Crippen LogP contribution in [0.15, 0.2) is 18.2 Å². The maximum Gasteiger partial charge on any atom is 0.416 e. The number of benzene rings is 1. The van der Waals surface area contributed by atoms with E-state index in [4.69, 9.17) is 10.5 Å². The van der Waals surface area contributed by atoms with Crippen molar-refractivity contribution in [2.24, 2.45) is 0 Å². The van der Waals surface area contributed by atoms with Crippen LogP contribution < -0.4 is 11.1 Å². The van der Waals surface area contributed by atoms with Gasteiger partial charge in [0.1, 0.15) is 0 Å². The highest BCUT2D eigenvalue weighted by Crippen LogP contribution is 2.37. The third-order valence-corrected chi connectivity index (χ3v) is 2.66. The summed E-state index contributed by atoms with van der Waals surface area (Å²) in [7, 11) is 0. The number of alkyl halides is 3. The average Bonchev–Trinajstić information content (AvgIpc) is 2.29. The maximum absolute atomic E-state index is 12.9. The van der Waals surface area contributed by atoms with Crippen molar-refractivity contribution in [3.8, 4) is 0 Å². The molecule has 17 heavy (non-hydrogen) atoms. The van der Waals surface area contributed by atoms with E-state index in [9.17, 15) is 13.2 Å². The number of halogens is 3. The first-order chi connectivity index (χ1) is 7.98. The van der Waals surface area contributed by atoms with E-state index >= 15 is 0 Å². The average molecular weight is 246 g/mol. The SMILES string of the molecule is Nc1ccc(C2CNCCO2)c(C(F)(F)F)c1. The topological polar surface area (TPSA) is 47.3 Å². The molecule has 1 saturated heterocycles. The van der Waals surface area contributed by atoms with Gasteiger partial charge in [0.2, 0.25) is 0 Å². The van der Waals surface area contributed by atoms with Crippen molar-refractivity contribution in [3.63, 3.8) is 0 Å². The van der Waals surface area contributed by atoms with Gasteiger partial charge in [0.15, 0.2) is 0 Å². The van der Waals surface area contributed by atoms with Gasteiger partial charge >= 0.3 is 6.18 Å². The minimum Gasteiger partial charge on any atom is -0.399 e. The van der Waals surface area contributed by atoms with Crippen molar-refractivity contribution in [3.05, 3.63) is 29.3 Å². The largest absolute Gasteiger partial charge is 0.416 e. The molecule has 1 aliphatic heterocycles. The summed E-state index contributed by atoms with van der Waals surface area (Å²) in [5, 5.41) is 3.00. The van der Waals surface area contributed by atoms with Gasteiger partial charge in [-0.05, 0) is 17.7 Å². The summed E-state index contributed by atoms with van der Waals surface area (Å²) in [5.74, 6) is 0. The number of rotatable bonds is 1. The summed E-state index contributed by atoms with van der Waals surface area (Å²) in [4.78, 5) is 0. The summed E-state index contributed by atoms with van der Waals surface area (Å²) >= 11 is 0. The minimum absolute atomic E-state index is 0.102. The Morgan fingerprint density at radius 3 is 2.71 bits per heavy atom. The predicted octanol–water partition coefficient (Wildman–Crippen LogP) is 1.95. The molecule has 1 aromatic rings. The molecule has 0 bridgehead atoms. The van der Waals surface area contributed by atoms with Gasteiger partial charge in [-0.1, -0.05) is 6.07 Å². The second-order valence-electron chi connectivity index (χ2n) is 3.91. The molecule has 2 rings (SSSR count). The maximum atomic E-state index is 12.9. The number of hydrogen-bond donors (Lipinski definition) is 2. The number of nitrogens with one attached hydrogen (secondary N) is 1. The van der Waals surface area contributed by atoms with Crippen LogP contribution >= 0.6 is 0 Å². The van der Waals surface area contributed by atoms with Crippen molar-refractivity contribution in [2.45, 2.75) is 12.3 Å². The number of anilines is 1. The molecule has 1 fully saturated rings. The van der Waals surface area contributed by atoms with Crippen molar-refractivity contribution in [1.29, 1.82) is 0 Å². The number of morpholine rings is 1. The molecule has 94 valence electrons. The van der Waals surface area contributed by atoms with E-state index in [1.807, 2.05) is 0 Å². The quantitative estimate of drug-likeness (QED) is 0.744. The lowest BCUT2D eigenvalue weighted by Crippen LogP contribution is -2.34. The van der Waals surface area contributed by atoms with Crippen molar-refractivity contribution < 1.29 is 17.9 Å². The highest BCUT2D eigenvalue weighted by atomic mass is 19.4. The third-order valence-electron chi connectivity index (χ3n) is 2.66. The molecule has 3 nitrogen and oxygen atoms in total. The number of hydrogen-bond acceptors (Lipinski definition) is 3. The van der Waals surface area contributed by atoms with Gasteiger partial charge in [-0.3, -0.25) is 0 Å². The van der Waals surface area contributed by atoms with Crippen LogP contribution in [0.25, 0.3) is 0 Å². The van der Waals surface area contributed by atoms with Crippen LogP contribution in [0, 0.1) is 0 Å². The molecule has 0 saturated carbocycles. The zero-order valence-corrected chi connectivity index (χ0v) is 9.05. The summed E-state index contributed by atoms with van der Waals surface area (Å²) in [6, 6.07) is 3.80. The van der Waals surface area contributed by atoms with Crippen LogP contribution in [0.2, 0.25) is 0 Å². The summed E-state index contributed by atoms with van der Waals surface area (Å²) in [6.07, 6.45) is -4.98. The van der Waals surface area contributed by atoms with Crippen molar-refractivity contribution in [1.82, 2.24) is 5.32 Å². The zero-order chi connectivity index (χ0) is 12.5. The number of ether oxygens (including phenoxy) is 1. The molecule has 0 radical (unpaired) electrons. The standard InChI is InChI=1S/C11H13F3N2O/c12-11(13,14)9-5-7(15)1-2-8(9)10-6-16-3-4-17-10/h1-2,5,10,16H,3-4,6,15H2. The van der Waals surface area contributed by atoms with Crippen LogP contribution in [0.3, 0.4) is 0 Å². The van der Waals surface area contributed by atoms with E-state index in [0.29, 0.717) is 19.7 Å². The van der Waals surface area contributed by atoms with E-state index in [1.54, 1.807) is 0 Å². The molecule has 0 aliphatic carbocycles. The second-order valence-corrected chi connectivity index (χ2v) is 3.91.